The van der Waals surface area contributed by atoms with Gasteiger partial charge in [0.1, 0.15) is 4.88 Å². The number of thiophene rings is 1. The molecular formula is C39H35NOS. The topological polar surface area (TPSA) is 20.3 Å². The van der Waals surface area contributed by atoms with E-state index >= 15 is 0 Å². The fraction of sp³-hybridized carbons (Fsp3) is 0.154. The number of benzene rings is 5. The zero-order chi connectivity index (χ0) is 29.2. The van der Waals surface area contributed by atoms with Gasteiger partial charge in [-0.1, -0.05) is 121 Å². The monoisotopic (exact) mass is 565 g/mol. The summed E-state index contributed by atoms with van der Waals surface area (Å²) in [5.74, 6) is 0.0858. The van der Waals surface area contributed by atoms with Gasteiger partial charge in [0.2, 0.25) is 0 Å². The Morgan fingerprint density at radius 2 is 0.881 bits per heavy atom. The largest absolute Gasteiger partial charge is 0.333 e. The first-order chi connectivity index (χ1) is 20.5. The zero-order valence-electron chi connectivity index (χ0n) is 24.5. The van der Waals surface area contributed by atoms with E-state index < -0.39 is 0 Å². The van der Waals surface area contributed by atoms with E-state index in [0.29, 0.717) is 0 Å². The summed E-state index contributed by atoms with van der Waals surface area (Å²) in [7, 11) is 0. The van der Waals surface area contributed by atoms with Gasteiger partial charge in [0.05, 0.1) is 0 Å². The average Bonchev–Trinajstić information content (AvgIpc) is 3.46. The molecule has 6 rings (SSSR count). The molecule has 0 aliphatic heterocycles. The third-order valence-electron chi connectivity index (χ3n) is 7.85. The highest BCUT2D eigenvalue weighted by atomic mass is 32.1. The predicted octanol–water partition coefficient (Wildman–Crippen LogP) is 10.8. The Hall–Kier alpha value is -4.47. The molecule has 5 aromatic carbocycles. The minimum absolute atomic E-state index is 0.0839. The van der Waals surface area contributed by atoms with Crippen LogP contribution in [0.1, 0.15) is 37.4 Å². The van der Waals surface area contributed by atoms with Crippen molar-refractivity contribution >= 4 is 28.0 Å². The van der Waals surface area contributed by atoms with Gasteiger partial charge in [-0.2, -0.15) is 0 Å². The Morgan fingerprint density at radius 3 is 1.29 bits per heavy atom. The van der Waals surface area contributed by atoms with Crippen LogP contribution in [-0.4, -0.2) is 22.9 Å². The molecule has 0 saturated carbocycles. The first kappa shape index (κ1) is 27.7. The van der Waals surface area contributed by atoms with Gasteiger partial charge in [0, 0.05) is 28.2 Å². The number of hydrogen-bond acceptors (Lipinski definition) is 2. The maximum atomic E-state index is 14.5. The molecule has 0 aliphatic rings. The van der Waals surface area contributed by atoms with E-state index in [1.165, 1.54) is 5.56 Å². The van der Waals surface area contributed by atoms with E-state index in [4.69, 9.17) is 0 Å². The van der Waals surface area contributed by atoms with Crippen LogP contribution in [0.4, 0.5) is 0 Å². The van der Waals surface area contributed by atoms with Crippen molar-refractivity contribution in [3.8, 4) is 44.5 Å². The van der Waals surface area contributed by atoms with Crippen LogP contribution in [0.15, 0.2) is 127 Å². The predicted molar refractivity (Wildman–Crippen MR) is 180 cm³/mol. The molecule has 3 heteroatoms. The maximum absolute atomic E-state index is 14.5. The van der Waals surface area contributed by atoms with Crippen LogP contribution in [-0.2, 0) is 0 Å². The SMILES string of the molecule is CC(C)N(C(=O)c1scc2c(-c3ccccc3)c(-c3ccccc3)c(-c3ccccc3)c(-c3ccccc3)c12)C(C)C. The number of nitrogens with zero attached hydrogens (tertiary/aromatic N) is 1. The number of amides is 1. The highest BCUT2D eigenvalue weighted by Gasteiger charge is 2.31. The molecule has 0 aliphatic carbocycles. The third-order valence-corrected chi connectivity index (χ3v) is 8.82. The molecule has 0 atom stereocenters. The highest BCUT2D eigenvalue weighted by Crippen LogP contribution is 2.53. The van der Waals surface area contributed by atoms with Crippen molar-refractivity contribution in [1.29, 1.82) is 0 Å². The molecule has 0 saturated heterocycles. The van der Waals surface area contributed by atoms with Crippen molar-refractivity contribution in [3.63, 3.8) is 0 Å². The van der Waals surface area contributed by atoms with Crippen LogP contribution < -0.4 is 0 Å². The second-order valence-electron chi connectivity index (χ2n) is 11.2. The van der Waals surface area contributed by atoms with Crippen LogP contribution in [0.3, 0.4) is 0 Å². The molecule has 2 nitrogen and oxygen atoms in total. The summed E-state index contributed by atoms with van der Waals surface area (Å²) in [6, 6.07) is 42.7. The quantitative estimate of drug-likeness (QED) is 0.188. The van der Waals surface area contributed by atoms with Gasteiger partial charge in [0.25, 0.3) is 5.91 Å². The first-order valence-electron chi connectivity index (χ1n) is 14.6. The lowest BCUT2D eigenvalue weighted by atomic mass is 9.79. The van der Waals surface area contributed by atoms with Gasteiger partial charge in [-0.05, 0) is 72.2 Å². The number of fused-ring (bicyclic) bond motifs is 1. The molecule has 1 heterocycles. The van der Waals surface area contributed by atoms with Crippen LogP contribution in [0, 0.1) is 0 Å². The Labute approximate surface area is 252 Å². The molecule has 1 aromatic heterocycles. The van der Waals surface area contributed by atoms with Crippen molar-refractivity contribution < 1.29 is 4.79 Å². The molecular weight excluding hydrogens is 531 g/mol. The van der Waals surface area contributed by atoms with E-state index in [2.05, 4.69) is 154 Å². The Kier molecular flexibility index (Phi) is 7.78. The number of carbonyl (C=O) groups excluding carboxylic acids is 1. The fourth-order valence-corrected chi connectivity index (χ4v) is 7.23. The summed E-state index contributed by atoms with van der Waals surface area (Å²) in [5.41, 5.74) is 9.11. The van der Waals surface area contributed by atoms with Crippen LogP contribution in [0.5, 0.6) is 0 Å². The third kappa shape index (κ3) is 4.95. The van der Waals surface area contributed by atoms with Crippen LogP contribution in [0.25, 0.3) is 55.3 Å². The van der Waals surface area contributed by atoms with E-state index in [1.54, 1.807) is 11.3 Å². The second kappa shape index (κ2) is 11.8. The summed E-state index contributed by atoms with van der Waals surface area (Å²) in [6.45, 7) is 8.41. The van der Waals surface area contributed by atoms with Gasteiger partial charge >= 0.3 is 0 Å². The van der Waals surface area contributed by atoms with E-state index in [0.717, 1.165) is 54.6 Å². The number of hydrogen-bond donors (Lipinski definition) is 0. The fourth-order valence-electron chi connectivity index (χ4n) is 6.22. The molecule has 208 valence electrons. The zero-order valence-corrected chi connectivity index (χ0v) is 25.4. The summed E-state index contributed by atoms with van der Waals surface area (Å²) < 4.78 is 0. The van der Waals surface area contributed by atoms with E-state index in [-0.39, 0.29) is 18.0 Å². The Bertz CT molecular complexity index is 1810. The standard InChI is InChI=1S/C39H35NOS/c1-26(2)40(27(3)4)39(41)38-37-32(25-42-38)33(28-17-9-5-10-18-28)34(29-19-11-6-12-20-29)35(30-21-13-7-14-22-30)36(37)31-23-15-8-16-24-31/h5-27H,1-4H3. The van der Waals surface area contributed by atoms with Gasteiger partial charge in [-0.3, -0.25) is 4.79 Å². The molecule has 0 fully saturated rings. The van der Waals surface area contributed by atoms with Gasteiger partial charge in [-0.25, -0.2) is 0 Å². The van der Waals surface area contributed by atoms with Crippen molar-refractivity contribution in [2.45, 2.75) is 39.8 Å². The van der Waals surface area contributed by atoms with Crippen LogP contribution >= 0.6 is 11.3 Å². The number of rotatable bonds is 7. The van der Waals surface area contributed by atoms with Gasteiger partial charge in [0.15, 0.2) is 0 Å². The lowest BCUT2D eigenvalue weighted by Crippen LogP contribution is -2.41. The Balaban J connectivity index is 1.87. The van der Waals surface area contributed by atoms with E-state index in [1.807, 2.05) is 4.90 Å². The van der Waals surface area contributed by atoms with Crippen molar-refractivity contribution in [3.05, 3.63) is 132 Å². The van der Waals surface area contributed by atoms with Crippen molar-refractivity contribution in [1.82, 2.24) is 4.90 Å². The van der Waals surface area contributed by atoms with Crippen LogP contribution in [0.2, 0.25) is 0 Å². The molecule has 42 heavy (non-hydrogen) atoms. The molecule has 6 aromatic rings. The smallest absolute Gasteiger partial charge is 0.265 e. The summed E-state index contributed by atoms with van der Waals surface area (Å²) >= 11 is 1.57. The lowest BCUT2D eigenvalue weighted by molar-refractivity contribution is 0.0650. The normalized spacial score (nSPS) is 11.4. The van der Waals surface area contributed by atoms with Crippen molar-refractivity contribution in [2.75, 3.05) is 0 Å². The average molecular weight is 566 g/mol. The number of carbonyl (C=O) groups is 1. The molecule has 0 unspecified atom stereocenters. The minimum atomic E-state index is 0.0839. The minimum Gasteiger partial charge on any atom is -0.333 e. The Morgan fingerprint density at radius 1 is 0.524 bits per heavy atom. The van der Waals surface area contributed by atoms with E-state index in [9.17, 15) is 4.79 Å². The summed E-state index contributed by atoms with van der Waals surface area (Å²) in [6.07, 6.45) is 0. The van der Waals surface area contributed by atoms with Crippen molar-refractivity contribution in [2.24, 2.45) is 0 Å². The maximum Gasteiger partial charge on any atom is 0.265 e. The molecule has 0 radical (unpaired) electrons. The second-order valence-corrected chi connectivity index (χ2v) is 12.1. The summed E-state index contributed by atoms with van der Waals surface area (Å²) in [4.78, 5) is 17.3. The first-order valence-corrected chi connectivity index (χ1v) is 15.5. The molecule has 1 amide bonds. The molecule has 0 N–H and O–H groups in total. The highest BCUT2D eigenvalue weighted by molar-refractivity contribution is 7.14. The van der Waals surface area contributed by atoms with Gasteiger partial charge in [-0.15, -0.1) is 11.3 Å². The van der Waals surface area contributed by atoms with Gasteiger partial charge < -0.3 is 4.90 Å². The molecule has 0 spiro atoms. The summed E-state index contributed by atoms with van der Waals surface area (Å²) in [5, 5.41) is 4.34. The lowest BCUT2D eigenvalue weighted by Gasteiger charge is -2.31. The molecule has 0 bridgehead atoms.